The summed E-state index contributed by atoms with van der Waals surface area (Å²) in [6.45, 7) is 3.64. The van der Waals surface area contributed by atoms with Gasteiger partial charge in [-0.2, -0.15) is 17.6 Å². The van der Waals surface area contributed by atoms with Crippen LogP contribution < -0.4 is 15.5 Å². The zero-order chi connectivity index (χ0) is 22.8. The monoisotopic (exact) mass is 476 g/mol. The number of anilines is 2. The molecule has 168 valence electrons. The molecular weight excluding hydrogens is 457 g/mol. The molecule has 0 radical (unpaired) electrons. The number of rotatable bonds is 6. The number of ether oxygens (including phenoxy) is 1. The van der Waals surface area contributed by atoms with Crippen molar-refractivity contribution >= 4 is 45.3 Å². The summed E-state index contributed by atoms with van der Waals surface area (Å²) in [4.78, 5) is 24.6. The lowest BCUT2D eigenvalue weighted by molar-refractivity contribution is -0.137. The van der Waals surface area contributed by atoms with Crippen molar-refractivity contribution in [3.63, 3.8) is 0 Å². The van der Waals surface area contributed by atoms with E-state index in [0.717, 1.165) is 40.1 Å². The van der Waals surface area contributed by atoms with Gasteiger partial charge < -0.3 is 15.8 Å². The molecular formula is C18H19F3N4O4S2. The lowest BCUT2D eigenvalue weighted by Gasteiger charge is -2.28. The van der Waals surface area contributed by atoms with E-state index in [9.17, 15) is 28.0 Å². The van der Waals surface area contributed by atoms with Crippen molar-refractivity contribution in [2.75, 3.05) is 36.1 Å². The first-order valence-electron chi connectivity index (χ1n) is 9.00. The largest absolute Gasteiger partial charge is 0.417 e. The van der Waals surface area contributed by atoms with Crippen LogP contribution in [0.3, 0.4) is 0 Å². The summed E-state index contributed by atoms with van der Waals surface area (Å²) in [6, 6.07) is 4.31. The molecule has 1 aliphatic rings. The van der Waals surface area contributed by atoms with Gasteiger partial charge in [-0.3, -0.25) is 14.8 Å². The van der Waals surface area contributed by atoms with Crippen LogP contribution in [-0.4, -0.2) is 47.6 Å². The lowest BCUT2D eigenvalue weighted by atomic mass is 10.1. The van der Waals surface area contributed by atoms with Gasteiger partial charge in [-0.15, -0.1) is 0 Å². The molecule has 4 N–H and O–H groups in total. The highest BCUT2D eigenvalue weighted by molar-refractivity contribution is 7.98. The molecule has 2 heterocycles. The Bertz CT molecular complexity index is 977. The average Bonchev–Trinajstić information content (AvgIpc) is 3.04. The van der Waals surface area contributed by atoms with Crippen LogP contribution in [0.2, 0.25) is 0 Å². The minimum Gasteiger partial charge on any atom is -0.379 e. The molecule has 2 aromatic rings. The summed E-state index contributed by atoms with van der Waals surface area (Å²) in [5.74, 6) is -1.93. The third-order valence-corrected chi connectivity index (χ3v) is 6.64. The number of halogens is 3. The number of nitrogens with two attached hydrogens (primary N) is 1. The molecule has 0 unspecified atom stereocenters. The van der Waals surface area contributed by atoms with Crippen molar-refractivity contribution in [1.82, 2.24) is 4.31 Å². The van der Waals surface area contributed by atoms with E-state index in [1.54, 1.807) is 0 Å². The number of carbonyl (C=O) groups excluding carboxylic acids is 2. The molecule has 0 saturated carbocycles. The smallest absolute Gasteiger partial charge is 0.379 e. The van der Waals surface area contributed by atoms with Crippen LogP contribution >= 0.6 is 23.5 Å². The van der Waals surface area contributed by atoms with Gasteiger partial charge >= 0.3 is 6.18 Å². The van der Waals surface area contributed by atoms with Gasteiger partial charge in [-0.05, 0) is 19.1 Å². The number of morpholine rings is 1. The van der Waals surface area contributed by atoms with Gasteiger partial charge in [0.2, 0.25) is 0 Å². The maximum atomic E-state index is 13.2. The van der Waals surface area contributed by atoms with Crippen LogP contribution in [0, 0.1) is 6.92 Å². The first kappa shape index (κ1) is 23.3. The SMILES string of the molecule is Cc1c(N(O)SN2CCOCC2)sc(NC(=O)c2ccccc2C(F)(F)F)c1C(N)=O. The van der Waals surface area contributed by atoms with Crippen molar-refractivity contribution in [3.8, 4) is 0 Å². The number of amides is 2. The predicted molar refractivity (Wildman–Crippen MR) is 111 cm³/mol. The Hall–Kier alpha value is -2.32. The molecule has 0 atom stereocenters. The molecule has 3 rings (SSSR count). The van der Waals surface area contributed by atoms with Crippen molar-refractivity contribution < 1.29 is 32.7 Å². The Balaban J connectivity index is 1.89. The molecule has 1 saturated heterocycles. The molecule has 1 aromatic heterocycles. The Kier molecular flexibility index (Phi) is 7.11. The van der Waals surface area contributed by atoms with E-state index in [-0.39, 0.29) is 15.6 Å². The molecule has 0 spiro atoms. The second-order valence-electron chi connectivity index (χ2n) is 6.49. The Labute approximate surface area is 184 Å². The number of nitrogens with one attached hydrogen (secondary N) is 1. The zero-order valence-corrected chi connectivity index (χ0v) is 17.9. The number of thiophene rings is 1. The van der Waals surface area contributed by atoms with Gasteiger partial charge in [0.25, 0.3) is 11.8 Å². The summed E-state index contributed by atoms with van der Waals surface area (Å²) in [5, 5.41) is 13.0. The first-order valence-corrected chi connectivity index (χ1v) is 10.5. The van der Waals surface area contributed by atoms with Crippen molar-refractivity contribution in [2.24, 2.45) is 5.73 Å². The maximum absolute atomic E-state index is 13.2. The Morgan fingerprint density at radius 3 is 2.55 bits per heavy atom. The quantitative estimate of drug-likeness (QED) is 0.433. The summed E-state index contributed by atoms with van der Waals surface area (Å²) in [6.07, 6.45) is -4.73. The fourth-order valence-corrected chi connectivity index (χ4v) is 4.92. The predicted octanol–water partition coefficient (Wildman–Crippen LogP) is 3.52. The fraction of sp³-hybridized carbons (Fsp3) is 0.333. The number of carbonyl (C=O) groups is 2. The van der Waals surface area contributed by atoms with E-state index in [4.69, 9.17) is 10.5 Å². The molecule has 1 fully saturated rings. The van der Waals surface area contributed by atoms with E-state index in [1.807, 2.05) is 4.31 Å². The molecule has 0 aliphatic carbocycles. The van der Waals surface area contributed by atoms with E-state index < -0.39 is 29.1 Å². The fourth-order valence-electron chi connectivity index (χ4n) is 2.94. The third kappa shape index (κ3) is 5.30. The van der Waals surface area contributed by atoms with Crippen molar-refractivity contribution in [2.45, 2.75) is 13.1 Å². The number of hydrogen-bond donors (Lipinski definition) is 3. The molecule has 2 amide bonds. The third-order valence-electron chi connectivity index (χ3n) is 4.41. The normalized spacial score (nSPS) is 15.0. The number of benzene rings is 1. The molecule has 1 aliphatic heterocycles. The number of hydrogen-bond acceptors (Lipinski definition) is 8. The van der Waals surface area contributed by atoms with E-state index in [0.29, 0.717) is 31.9 Å². The van der Waals surface area contributed by atoms with Gasteiger partial charge in [0.15, 0.2) is 0 Å². The van der Waals surface area contributed by atoms with E-state index >= 15 is 0 Å². The Morgan fingerprint density at radius 1 is 1.29 bits per heavy atom. The van der Waals surface area contributed by atoms with Gasteiger partial charge in [-0.25, -0.2) is 4.31 Å². The topological polar surface area (TPSA) is 108 Å². The van der Waals surface area contributed by atoms with Gasteiger partial charge in [0, 0.05) is 18.7 Å². The van der Waals surface area contributed by atoms with Crippen LogP contribution in [0.1, 0.15) is 31.8 Å². The second-order valence-corrected chi connectivity index (χ2v) is 8.52. The molecule has 8 nitrogen and oxygen atoms in total. The molecule has 31 heavy (non-hydrogen) atoms. The highest BCUT2D eigenvalue weighted by atomic mass is 32.2. The summed E-state index contributed by atoms with van der Waals surface area (Å²) >= 11 is 1.81. The lowest BCUT2D eigenvalue weighted by Crippen LogP contribution is -2.34. The van der Waals surface area contributed by atoms with Gasteiger partial charge in [0.05, 0.1) is 42.0 Å². The Morgan fingerprint density at radius 2 is 1.94 bits per heavy atom. The number of alkyl halides is 3. The van der Waals surface area contributed by atoms with Crippen LogP contribution in [-0.2, 0) is 10.9 Å². The van der Waals surface area contributed by atoms with Crippen LogP contribution in [0.25, 0.3) is 0 Å². The van der Waals surface area contributed by atoms with Gasteiger partial charge in [-0.1, -0.05) is 23.5 Å². The second kappa shape index (κ2) is 9.44. The van der Waals surface area contributed by atoms with Crippen LogP contribution in [0.5, 0.6) is 0 Å². The minimum atomic E-state index is -4.73. The molecule has 1 aromatic carbocycles. The van der Waals surface area contributed by atoms with Crippen molar-refractivity contribution in [3.05, 3.63) is 46.5 Å². The van der Waals surface area contributed by atoms with Crippen LogP contribution in [0.4, 0.5) is 23.2 Å². The van der Waals surface area contributed by atoms with Crippen LogP contribution in [0.15, 0.2) is 24.3 Å². The number of primary amides is 1. The number of nitrogens with zero attached hydrogens (tertiary/aromatic N) is 2. The summed E-state index contributed by atoms with van der Waals surface area (Å²) < 4.78 is 47.6. The van der Waals surface area contributed by atoms with Crippen molar-refractivity contribution in [1.29, 1.82) is 0 Å². The van der Waals surface area contributed by atoms with E-state index in [1.165, 1.54) is 19.1 Å². The van der Waals surface area contributed by atoms with E-state index in [2.05, 4.69) is 5.32 Å². The van der Waals surface area contributed by atoms with Gasteiger partial charge in [0.1, 0.15) is 10.0 Å². The minimum absolute atomic E-state index is 0.0522. The summed E-state index contributed by atoms with van der Waals surface area (Å²) in [7, 11) is 0. The average molecular weight is 477 g/mol. The standard InChI is InChI=1S/C18H19F3N4O4S2/c1-10-13(14(22)26)16(30-17(10)25(28)31-24-6-8-29-9-7-24)23-15(27)11-4-2-3-5-12(11)18(19,20)21/h2-5,28H,6-9H2,1H3,(H2,22,26)(H,23,27). The highest BCUT2D eigenvalue weighted by Crippen LogP contribution is 2.42. The first-order chi connectivity index (χ1) is 14.6. The molecule has 0 bridgehead atoms. The zero-order valence-electron chi connectivity index (χ0n) is 16.2. The summed E-state index contributed by atoms with van der Waals surface area (Å²) in [5.41, 5.74) is 3.94. The maximum Gasteiger partial charge on any atom is 0.417 e. The highest BCUT2D eigenvalue weighted by Gasteiger charge is 2.35. The molecule has 13 heteroatoms.